The van der Waals surface area contributed by atoms with Crippen LogP contribution in [0.2, 0.25) is 0 Å². The molecule has 0 aromatic heterocycles. The molecule has 0 aliphatic carbocycles. The number of piperidine rings is 1. The Balaban J connectivity index is 2.37. The molecule has 3 heteroatoms. The van der Waals surface area contributed by atoms with E-state index in [9.17, 15) is 4.79 Å². The van der Waals surface area contributed by atoms with Crippen molar-refractivity contribution in [3.8, 4) is 0 Å². The monoisotopic (exact) mass is 203 g/mol. The van der Waals surface area contributed by atoms with Gasteiger partial charge in [0.25, 0.3) is 0 Å². The van der Waals surface area contributed by atoms with Gasteiger partial charge in [0.05, 0.1) is 0 Å². The van der Waals surface area contributed by atoms with Gasteiger partial charge < -0.3 is 4.90 Å². The van der Waals surface area contributed by atoms with Crippen LogP contribution in [-0.4, -0.2) is 29.8 Å². The summed E-state index contributed by atoms with van der Waals surface area (Å²) >= 11 is 5.69. The van der Waals surface area contributed by atoms with E-state index in [-0.39, 0.29) is 0 Å². The number of likely N-dealkylation sites (tertiary alicyclic amines) is 1. The van der Waals surface area contributed by atoms with Gasteiger partial charge in [-0.05, 0) is 25.2 Å². The van der Waals surface area contributed by atoms with Crippen LogP contribution in [0, 0.1) is 5.92 Å². The van der Waals surface area contributed by atoms with Gasteiger partial charge in [-0.2, -0.15) is 0 Å². The van der Waals surface area contributed by atoms with Crippen LogP contribution >= 0.6 is 11.6 Å². The first kappa shape index (κ1) is 10.8. The number of halogens is 1. The van der Waals surface area contributed by atoms with E-state index in [1.807, 2.05) is 11.8 Å². The Morgan fingerprint density at radius 1 is 1.62 bits per heavy atom. The van der Waals surface area contributed by atoms with Crippen LogP contribution in [0.4, 0.5) is 0 Å². The zero-order valence-corrected chi connectivity index (χ0v) is 9.02. The van der Waals surface area contributed by atoms with Crippen molar-refractivity contribution < 1.29 is 4.79 Å². The summed E-state index contributed by atoms with van der Waals surface area (Å²) in [4.78, 5) is 13.4. The smallest absolute Gasteiger partial charge is 0.222 e. The highest BCUT2D eigenvalue weighted by molar-refractivity contribution is 6.17. The molecule has 1 rings (SSSR count). The van der Waals surface area contributed by atoms with Crippen LogP contribution < -0.4 is 0 Å². The number of carbonyl (C=O) groups excluding carboxylic acids is 1. The molecular weight excluding hydrogens is 186 g/mol. The lowest BCUT2D eigenvalue weighted by Crippen LogP contribution is -2.39. The number of hydrogen-bond donors (Lipinski definition) is 0. The Hall–Kier alpha value is -0.240. The van der Waals surface area contributed by atoms with Crippen molar-refractivity contribution in [3.63, 3.8) is 0 Å². The van der Waals surface area contributed by atoms with E-state index in [0.29, 0.717) is 18.2 Å². The van der Waals surface area contributed by atoms with Gasteiger partial charge in [0, 0.05) is 25.4 Å². The van der Waals surface area contributed by atoms with Crippen molar-refractivity contribution in [2.45, 2.75) is 32.6 Å². The summed E-state index contributed by atoms with van der Waals surface area (Å²) in [6.07, 6.45) is 4.07. The number of alkyl halides is 1. The molecule has 1 atom stereocenters. The lowest BCUT2D eigenvalue weighted by Gasteiger charge is -2.32. The second-order valence-electron chi connectivity index (χ2n) is 3.68. The second kappa shape index (κ2) is 5.48. The fourth-order valence-electron chi connectivity index (χ4n) is 1.91. The predicted molar refractivity (Wildman–Crippen MR) is 54.9 cm³/mol. The van der Waals surface area contributed by atoms with Crippen LogP contribution in [0.25, 0.3) is 0 Å². The zero-order chi connectivity index (χ0) is 9.68. The Morgan fingerprint density at radius 3 is 3.00 bits per heavy atom. The summed E-state index contributed by atoms with van der Waals surface area (Å²) in [6, 6.07) is 0. The van der Waals surface area contributed by atoms with Crippen molar-refractivity contribution >= 4 is 17.5 Å². The van der Waals surface area contributed by atoms with Gasteiger partial charge in [-0.25, -0.2) is 0 Å². The SMILES string of the molecule is CCC(=O)N1CCCC(CCCl)C1. The number of amides is 1. The van der Waals surface area contributed by atoms with Crippen LogP contribution in [0.5, 0.6) is 0 Å². The number of nitrogens with zero attached hydrogens (tertiary/aromatic N) is 1. The molecule has 0 spiro atoms. The average molecular weight is 204 g/mol. The maximum atomic E-state index is 11.4. The molecule has 0 aromatic rings. The van der Waals surface area contributed by atoms with Gasteiger partial charge >= 0.3 is 0 Å². The van der Waals surface area contributed by atoms with Gasteiger partial charge in [0.1, 0.15) is 0 Å². The summed E-state index contributed by atoms with van der Waals surface area (Å²) in [5.41, 5.74) is 0. The summed E-state index contributed by atoms with van der Waals surface area (Å²) in [5.74, 6) is 1.65. The Kier molecular flexibility index (Phi) is 4.57. The van der Waals surface area contributed by atoms with Crippen molar-refractivity contribution in [1.29, 1.82) is 0 Å². The fraction of sp³-hybridized carbons (Fsp3) is 0.900. The lowest BCUT2D eigenvalue weighted by molar-refractivity contribution is -0.132. The van der Waals surface area contributed by atoms with Crippen molar-refractivity contribution in [3.05, 3.63) is 0 Å². The molecule has 0 aromatic carbocycles. The quantitative estimate of drug-likeness (QED) is 0.645. The summed E-state index contributed by atoms with van der Waals surface area (Å²) in [7, 11) is 0. The zero-order valence-electron chi connectivity index (χ0n) is 8.26. The third kappa shape index (κ3) is 3.18. The average Bonchev–Trinajstić information content (AvgIpc) is 2.18. The molecule has 1 aliphatic heterocycles. The Labute approximate surface area is 85.2 Å². The largest absolute Gasteiger partial charge is 0.342 e. The molecule has 1 amide bonds. The molecule has 13 heavy (non-hydrogen) atoms. The molecule has 0 saturated carbocycles. The summed E-state index contributed by atoms with van der Waals surface area (Å²) < 4.78 is 0. The highest BCUT2D eigenvalue weighted by Crippen LogP contribution is 2.20. The molecule has 1 aliphatic rings. The van der Waals surface area contributed by atoms with E-state index in [2.05, 4.69) is 0 Å². The third-order valence-electron chi connectivity index (χ3n) is 2.69. The molecule has 0 bridgehead atoms. The number of carbonyl (C=O) groups is 1. The van der Waals surface area contributed by atoms with Crippen molar-refractivity contribution in [2.24, 2.45) is 5.92 Å². The van der Waals surface area contributed by atoms with E-state index in [1.165, 1.54) is 6.42 Å². The first-order valence-corrected chi connectivity index (χ1v) is 5.65. The third-order valence-corrected chi connectivity index (χ3v) is 2.91. The van der Waals surface area contributed by atoms with Crippen LogP contribution in [0.15, 0.2) is 0 Å². The normalized spacial score (nSPS) is 23.2. The van der Waals surface area contributed by atoms with Gasteiger partial charge in [-0.1, -0.05) is 6.92 Å². The highest BCUT2D eigenvalue weighted by atomic mass is 35.5. The number of hydrogen-bond acceptors (Lipinski definition) is 1. The topological polar surface area (TPSA) is 20.3 Å². The minimum atomic E-state index is 0.291. The predicted octanol–water partition coefficient (Wildman–Crippen LogP) is 2.26. The standard InChI is InChI=1S/C10H18ClNO/c1-2-10(13)12-7-3-4-9(8-12)5-6-11/h9H,2-8H2,1H3. The molecule has 1 unspecified atom stereocenters. The van der Waals surface area contributed by atoms with Crippen molar-refractivity contribution in [2.75, 3.05) is 19.0 Å². The molecule has 2 nitrogen and oxygen atoms in total. The minimum Gasteiger partial charge on any atom is -0.342 e. The molecule has 0 N–H and O–H groups in total. The first-order chi connectivity index (χ1) is 6.27. The lowest BCUT2D eigenvalue weighted by atomic mass is 9.95. The highest BCUT2D eigenvalue weighted by Gasteiger charge is 2.21. The molecule has 1 fully saturated rings. The van der Waals surface area contributed by atoms with Crippen LogP contribution in [0.3, 0.4) is 0 Å². The summed E-state index contributed by atoms with van der Waals surface area (Å²) in [6.45, 7) is 3.80. The molecule has 0 radical (unpaired) electrons. The van der Waals surface area contributed by atoms with E-state index in [4.69, 9.17) is 11.6 Å². The van der Waals surface area contributed by atoms with Gasteiger partial charge in [-0.15, -0.1) is 11.6 Å². The summed E-state index contributed by atoms with van der Waals surface area (Å²) in [5, 5.41) is 0. The Morgan fingerprint density at radius 2 is 2.38 bits per heavy atom. The van der Waals surface area contributed by atoms with Crippen LogP contribution in [0.1, 0.15) is 32.6 Å². The fourth-order valence-corrected chi connectivity index (χ4v) is 2.21. The maximum Gasteiger partial charge on any atom is 0.222 e. The maximum absolute atomic E-state index is 11.4. The number of rotatable bonds is 3. The van der Waals surface area contributed by atoms with E-state index in [1.54, 1.807) is 0 Å². The van der Waals surface area contributed by atoms with E-state index < -0.39 is 0 Å². The minimum absolute atomic E-state index is 0.291. The molecule has 76 valence electrons. The first-order valence-electron chi connectivity index (χ1n) is 5.11. The molecule has 1 heterocycles. The van der Waals surface area contributed by atoms with Gasteiger partial charge in [-0.3, -0.25) is 4.79 Å². The van der Waals surface area contributed by atoms with Gasteiger partial charge in [0.2, 0.25) is 5.91 Å². The second-order valence-corrected chi connectivity index (χ2v) is 4.06. The van der Waals surface area contributed by atoms with Crippen molar-refractivity contribution in [1.82, 2.24) is 4.90 Å². The van der Waals surface area contributed by atoms with E-state index in [0.717, 1.165) is 31.8 Å². The molecule has 1 saturated heterocycles. The van der Waals surface area contributed by atoms with Crippen LogP contribution in [-0.2, 0) is 4.79 Å². The molecular formula is C10H18ClNO. The van der Waals surface area contributed by atoms with Gasteiger partial charge in [0.15, 0.2) is 0 Å². The van der Waals surface area contributed by atoms with E-state index >= 15 is 0 Å². The Bertz CT molecular complexity index is 170.